The average molecular weight is 274 g/mol. The number of rotatable bonds is 3. The second-order valence-electron chi connectivity index (χ2n) is 4.35. The lowest BCUT2D eigenvalue weighted by Gasteiger charge is -2.14. The number of anilines is 1. The minimum Gasteiger partial charge on any atom is -0.359 e. The van der Waals surface area contributed by atoms with Crippen molar-refractivity contribution in [2.24, 2.45) is 0 Å². The molecule has 2 nitrogen and oxygen atoms in total. The van der Waals surface area contributed by atoms with Crippen LogP contribution >= 0.6 is 11.3 Å². The highest BCUT2D eigenvalue weighted by Crippen LogP contribution is 2.29. The van der Waals surface area contributed by atoms with E-state index in [2.05, 4.69) is 10.3 Å². The number of hydrogen-bond donors (Lipinski definition) is 1. The van der Waals surface area contributed by atoms with Gasteiger partial charge in [-0.2, -0.15) is 13.2 Å². The fourth-order valence-corrected chi connectivity index (χ4v) is 2.67. The van der Waals surface area contributed by atoms with Crippen molar-refractivity contribution in [3.05, 3.63) is 23.8 Å². The summed E-state index contributed by atoms with van der Waals surface area (Å²) >= 11 is 1.37. The number of aromatic nitrogens is 1. The summed E-state index contributed by atoms with van der Waals surface area (Å²) in [6, 6.07) is 5.14. The Labute approximate surface area is 107 Å². The molecule has 0 saturated heterocycles. The number of alkyl halides is 3. The van der Waals surface area contributed by atoms with Gasteiger partial charge in [-0.15, -0.1) is 0 Å². The molecule has 0 bridgehead atoms. The molecule has 0 saturated carbocycles. The Bertz CT molecular complexity index is 548. The minimum atomic E-state index is -4.15. The number of hydrogen-bond acceptors (Lipinski definition) is 3. The monoisotopic (exact) mass is 274 g/mol. The molecule has 0 spiro atoms. The van der Waals surface area contributed by atoms with Crippen molar-refractivity contribution in [2.75, 3.05) is 5.32 Å². The fraction of sp³-hybridized carbons (Fsp3) is 0.417. The molecule has 1 aromatic heterocycles. The van der Waals surface area contributed by atoms with E-state index in [1.165, 1.54) is 18.3 Å². The molecule has 1 unspecified atom stereocenters. The first kappa shape index (κ1) is 13.1. The van der Waals surface area contributed by atoms with Crippen LogP contribution in [-0.2, 0) is 0 Å². The van der Waals surface area contributed by atoms with Crippen LogP contribution in [0.25, 0.3) is 10.2 Å². The molecule has 0 radical (unpaired) electrons. The van der Waals surface area contributed by atoms with Gasteiger partial charge in [0.15, 0.2) is 5.13 Å². The second-order valence-corrected chi connectivity index (χ2v) is 5.39. The number of aryl methyl sites for hydroxylation is 1. The van der Waals surface area contributed by atoms with Gasteiger partial charge in [-0.1, -0.05) is 17.4 Å². The Morgan fingerprint density at radius 2 is 2.11 bits per heavy atom. The standard InChI is InChI=1S/C12H13F3N2S/c1-7-3-4-10-9(5-7)17-11(18-10)16-8(2)6-12(13,14)15/h3-5,8H,6H2,1-2H3,(H,16,17). The van der Waals surface area contributed by atoms with Crippen LogP contribution in [0.4, 0.5) is 18.3 Å². The Hall–Kier alpha value is -1.30. The predicted octanol–water partition coefficient (Wildman–Crippen LogP) is 4.36. The van der Waals surface area contributed by atoms with Crippen molar-refractivity contribution in [3.8, 4) is 0 Å². The molecular formula is C12H13F3N2S. The van der Waals surface area contributed by atoms with Crippen LogP contribution in [-0.4, -0.2) is 17.2 Å². The lowest BCUT2D eigenvalue weighted by atomic mass is 10.2. The summed E-state index contributed by atoms with van der Waals surface area (Å²) in [5, 5.41) is 3.33. The van der Waals surface area contributed by atoms with Crippen molar-refractivity contribution < 1.29 is 13.2 Å². The van der Waals surface area contributed by atoms with Crippen molar-refractivity contribution in [2.45, 2.75) is 32.5 Å². The summed E-state index contributed by atoms with van der Waals surface area (Å²) in [7, 11) is 0. The first-order chi connectivity index (χ1) is 8.33. The molecular weight excluding hydrogens is 261 g/mol. The van der Waals surface area contributed by atoms with E-state index in [1.54, 1.807) is 0 Å². The third kappa shape index (κ3) is 3.35. The Morgan fingerprint density at radius 3 is 2.78 bits per heavy atom. The fourth-order valence-electron chi connectivity index (χ4n) is 1.71. The van der Waals surface area contributed by atoms with E-state index in [9.17, 15) is 13.2 Å². The van der Waals surface area contributed by atoms with Crippen LogP contribution < -0.4 is 5.32 Å². The van der Waals surface area contributed by atoms with Gasteiger partial charge in [-0.25, -0.2) is 4.98 Å². The largest absolute Gasteiger partial charge is 0.391 e. The van der Waals surface area contributed by atoms with Gasteiger partial charge in [-0.05, 0) is 31.5 Å². The van der Waals surface area contributed by atoms with Crippen LogP contribution in [0.15, 0.2) is 18.2 Å². The number of halogens is 3. The van der Waals surface area contributed by atoms with Crippen molar-refractivity contribution >= 4 is 26.7 Å². The highest BCUT2D eigenvalue weighted by Gasteiger charge is 2.30. The van der Waals surface area contributed by atoms with Gasteiger partial charge in [0, 0.05) is 6.04 Å². The molecule has 1 N–H and O–H groups in total. The quantitative estimate of drug-likeness (QED) is 0.899. The normalized spacial score (nSPS) is 13.8. The zero-order valence-corrected chi connectivity index (χ0v) is 10.8. The van der Waals surface area contributed by atoms with Crippen LogP contribution in [0, 0.1) is 6.92 Å². The minimum absolute atomic E-state index is 0.535. The van der Waals surface area contributed by atoms with Crippen LogP contribution in [0.5, 0.6) is 0 Å². The molecule has 1 aromatic carbocycles. The molecule has 1 heterocycles. The SMILES string of the molecule is Cc1ccc2sc(NC(C)CC(F)(F)F)nc2c1. The maximum atomic E-state index is 12.2. The average Bonchev–Trinajstić information content (AvgIpc) is 2.55. The molecule has 6 heteroatoms. The predicted molar refractivity (Wildman–Crippen MR) is 68.1 cm³/mol. The molecule has 0 amide bonds. The molecule has 2 rings (SSSR count). The van der Waals surface area contributed by atoms with E-state index >= 15 is 0 Å². The molecule has 1 atom stereocenters. The van der Waals surface area contributed by atoms with E-state index in [-0.39, 0.29) is 0 Å². The maximum Gasteiger partial charge on any atom is 0.391 e. The maximum absolute atomic E-state index is 12.2. The van der Waals surface area contributed by atoms with Gasteiger partial charge < -0.3 is 5.32 Å². The van der Waals surface area contributed by atoms with Gasteiger partial charge in [0.1, 0.15) is 0 Å². The molecule has 98 valence electrons. The van der Waals surface area contributed by atoms with Crippen molar-refractivity contribution in [1.82, 2.24) is 4.98 Å². The van der Waals surface area contributed by atoms with Gasteiger partial charge in [0.2, 0.25) is 0 Å². The molecule has 0 aliphatic rings. The second kappa shape index (κ2) is 4.76. The summed E-state index contributed by atoms with van der Waals surface area (Å²) in [6.07, 6.45) is -5.01. The summed E-state index contributed by atoms with van der Waals surface area (Å²) in [5.74, 6) is 0. The van der Waals surface area contributed by atoms with Crippen LogP contribution in [0.1, 0.15) is 18.9 Å². The van der Waals surface area contributed by atoms with E-state index < -0.39 is 18.6 Å². The number of fused-ring (bicyclic) bond motifs is 1. The zero-order valence-electron chi connectivity index (χ0n) is 10.0. The summed E-state index contributed by atoms with van der Waals surface area (Å²) < 4.78 is 37.6. The Kier molecular flexibility index (Phi) is 3.47. The van der Waals surface area contributed by atoms with Gasteiger partial charge >= 0.3 is 6.18 Å². The van der Waals surface area contributed by atoms with E-state index in [4.69, 9.17) is 0 Å². The Morgan fingerprint density at radius 1 is 1.39 bits per heavy atom. The summed E-state index contributed by atoms with van der Waals surface area (Å²) in [6.45, 7) is 3.46. The van der Waals surface area contributed by atoms with Crippen molar-refractivity contribution in [1.29, 1.82) is 0 Å². The van der Waals surface area contributed by atoms with Crippen molar-refractivity contribution in [3.63, 3.8) is 0 Å². The van der Waals surface area contributed by atoms with Crippen LogP contribution in [0.3, 0.4) is 0 Å². The van der Waals surface area contributed by atoms with Gasteiger partial charge in [0.25, 0.3) is 0 Å². The first-order valence-electron chi connectivity index (χ1n) is 5.54. The highest BCUT2D eigenvalue weighted by atomic mass is 32.1. The van der Waals surface area contributed by atoms with E-state index in [1.807, 2.05) is 25.1 Å². The smallest absolute Gasteiger partial charge is 0.359 e. The van der Waals surface area contributed by atoms with E-state index in [0.29, 0.717) is 5.13 Å². The molecule has 0 aliphatic carbocycles. The Balaban J connectivity index is 2.12. The van der Waals surface area contributed by atoms with Gasteiger partial charge in [0.05, 0.1) is 16.6 Å². The molecule has 18 heavy (non-hydrogen) atoms. The topological polar surface area (TPSA) is 24.9 Å². The lowest BCUT2D eigenvalue weighted by molar-refractivity contribution is -0.136. The first-order valence-corrected chi connectivity index (χ1v) is 6.35. The summed E-state index contributed by atoms with van der Waals surface area (Å²) in [5.41, 5.74) is 1.91. The number of benzene rings is 1. The molecule has 0 fully saturated rings. The number of nitrogens with zero attached hydrogens (tertiary/aromatic N) is 1. The summed E-state index contributed by atoms with van der Waals surface area (Å²) in [4.78, 5) is 4.28. The van der Waals surface area contributed by atoms with E-state index in [0.717, 1.165) is 15.8 Å². The lowest BCUT2D eigenvalue weighted by Crippen LogP contribution is -2.23. The van der Waals surface area contributed by atoms with Crippen LogP contribution in [0.2, 0.25) is 0 Å². The number of thiazole rings is 1. The molecule has 0 aliphatic heterocycles. The third-order valence-electron chi connectivity index (χ3n) is 2.45. The molecule has 2 aromatic rings. The van der Waals surface area contributed by atoms with Gasteiger partial charge in [-0.3, -0.25) is 0 Å². The zero-order chi connectivity index (χ0) is 13.3. The highest BCUT2D eigenvalue weighted by molar-refractivity contribution is 7.22. The number of nitrogens with one attached hydrogen (secondary N) is 1. The third-order valence-corrected chi connectivity index (χ3v) is 3.42.